The van der Waals surface area contributed by atoms with Crippen molar-refractivity contribution in [1.82, 2.24) is 14.5 Å². The molecule has 168 valence electrons. The van der Waals surface area contributed by atoms with Crippen LogP contribution in [-0.4, -0.2) is 52.7 Å². The van der Waals surface area contributed by atoms with E-state index in [4.69, 9.17) is 20.0 Å². The van der Waals surface area contributed by atoms with Gasteiger partial charge in [-0.1, -0.05) is 18.2 Å². The van der Waals surface area contributed by atoms with Gasteiger partial charge >= 0.3 is 0 Å². The number of hydrogen-bond acceptors (Lipinski definition) is 8. The summed E-state index contributed by atoms with van der Waals surface area (Å²) in [5.74, 6) is 6.40. The zero-order valence-corrected chi connectivity index (χ0v) is 18.5. The number of ether oxygens (including phenoxy) is 1. The van der Waals surface area contributed by atoms with E-state index in [0.717, 1.165) is 47.6 Å². The Labute approximate surface area is 191 Å². The van der Waals surface area contributed by atoms with E-state index >= 15 is 0 Å². The molecule has 5 rings (SSSR count). The standard InChI is InChI=1S/C24H25N7O2/c1-16-13-31(15-27-16)21-8-7-17(11-23(21)32-2)20(29-25)12-26-18-9-10-30(14-18)24-28-19-5-3-4-6-22(19)33-24/h3-8,11-13,15,18H,9-10,14,25H2,1-2H3/b26-12?,29-20+. The number of aliphatic imine (C=N–C) groups is 1. The van der Waals surface area contributed by atoms with Crippen LogP contribution in [0.2, 0.25) is 0 Å². The molecule has 0 bridgehead atoms. The van der Waals surface area contributed by atoms with E-state index in [9.17, 15) is 0 Å². The summed E-state index contributed by atoms with van der Waals surface area (Å²) in [5.41, 5.74) is 4.89. The van der Waals surface area contributed by atoms with Gasteiger partial charge in [0.2, 0.25) is 0 Å². The summed E-state index contributed by atoms with van der Waals surface area (Å²) in [4.78, 5) is 15.7. The van der Waals surface area contributed by atoms with Gasteiger partial charge < -0.3 is 24.5 Å². The number of benzene rings is 2. The molecular weight excluding hydrogens is 418 g/mol. The highest BCUT2D eigenvalue weighted by Crippen LogP contribution is 2.26. The Kier molecular flexibility index (Phi) is 5.52. The molecule has 1 saturated heterocycles. The average Bonchev–Trinajstić information content (AvgIpc) is 3.58. The number of hydrogen-bond donors (Lipinski definition) is 1. The molecule has 0 saturated carbocycles. The van der Waals surface area contributed by atoms with Crippen LogP contribution in [0, 0.1) is 6.92 Å². The van der Waals surface area contributed by atoms with Crippen molar-refractivity contribution in [3.8, 4) is 11.4 Å². The number of rotatable bonds is 6. The van der Waals surface area contributed by atoms with Crippen molar-refractivity contribution in [3.63, 3.8) is 0 Å². The number of para-hydroxylation sites is 2. The second-order valence-electron chi connectivity index (χ2n) is 7.95. The topological polar surface area (TPSA) is 107 Å². The van der Waals surface area contributed by atoms with Crippen LogP contribution < -0.4 is 15.5 Å². The Morgan fingerprint density at radius 2 is 2.15 bits per heavy atom. The zero-order valence-electron chi connectivity index (χ0n) is 18.5. The molecule has 0 amide bonds. The Bertz CT molecular complexity index is 1300. The Hall–Kier alpha value is -4.14. The molecule has 3 heterocycles. The summed E-state index contributed by atoms with van der Waals surface area (Å²) in [5, 5.41) is 3.96. The van der Waals surface area contributed by atoms with Crippen molar-refractivity contribution in [1.29, 1.82) is 0 Å². The second kappa shape index (κ2) is 8.78. The molecule has 1 fully saturated rings. The Balaban J connectivity index is 1.30. The molecule has 0 radical (unpaired) electrons. The van der Waals surface area contributed by atoms with E-state index in [-0.39, 0.29) is 6.04 Å². The van der Waals surface area contributed by atoms with Crippen LogP contribution in [0.1, 0.15) is 17.7 Å². The summed E-state index contributed by atoms with van der Waals surface area (Å²) in [6.45, 7) is 3.50. The maximum absolute atomic E-state index is 5.89. The van der Waals surface area contributed by atoms with Gasteiger partial charge in [-0.05, 0) is 37.6 Å². The van der Waals surface area contributed by atoms with Gasteiger partial charge in [0.05, 0.1) is 30.9 Å². The molecule has 2 aromatic heterocycles. The molecule has 4 aromatic rings. The number of aryl methyl sites for hydroxylation is 1. The molecule has 1 aliphatic heterocycles. The summed E-state index contributed by atoms with van der Waals surface area (Å²) in [7, 11) is 1.64. The van der Waals surface area contributed by atoms with Crippen LogP contribution in [0.5, 0.6) is 5.75 Å². The largest absolute Gasteiger partial charge is 0.495 e. The lowest BCUT2D eigenvalue weighted by Crippen LogP contribution is -2.21. The maximum Gasteiger partial charge on any atom is 0.298 e. The first kappa shape index (κ1) is 20.7. The first-order chi connectivity index (χ1) is 16.1. The van der Waals surface area contributed by atoms with Crippen LogP contribution in [-0.2, 0) is 0 Å². The predicted molar refractivity (Wildman–Crippen MR) is 129 cm³/mol. The SMILES string of the molecule is COc1cc(/C(C=NC2CCN(c3nc4ccccc4o3)C2)=N/N)ccc1-n1cnc(C)c1. The summed E-state index contributed by atoms with van der Waals surface area (Å²) >= 11 is 0. The van der Waals surface area contributed by atoms with Gasteiger partial charge in [0.1, 0.15) is 17.0 Å². The third-order valence-electron chi connectivity index (χ3n) is 5.73. The minimum Gasteiger partial charge on any atom is -0.495 e. The number of oxazole rings is 1. The average molecular weight is 444 g/mol. The van der Waals surface area contributed by atoms with E-state index in [1.54, 1.807) is 19.7 Å². The van der Waals surface area contributed by atoms with E-state index in [1.165, 1.54) is 0 Å². The number of aromatic nitrogens is 3. The molecule has 2 N–H and O–H groups in total. The highest BCUT2D eigenvalue weighted by atomic mass is 16.5. The third-order valence-corrected chi connectivity index (χ3v) is 5.73. The van der Waals surface area contributed by atoms with Crippen molar-refractivity contribution in [2.45, 2.75) is 19.4 Å². The fourth-order valence-electron chi connectivity index (χ4n) is 3.99. The minimum atomic E-state index is 0.104. The number of imidazole rings is 1. The number of fused-ring (bicyclic) bond motifs is 1. The molecule has 1 atom stereocenters. The van der Waals surface area contributed by atoms with Crippen LogP contribution >= 0.6 is 0 Å². The van der Waals surface area contributed by atoms with Gasteiger partial charge in [-0.25, -0.2) is 4.98 Å². The quantitative estimate of drug-likeness (QED) is 0.278. The van der Waals surface area contributed by atoms with Crippen LogP contribution in [0.3, 0.4) is 0 Å². The number of nitrogens with two attached hydrogens (primary N) is 1. The minimum absolute atomic E-state index is 0.104. The number of methoxy groups -OCH3 is 1. The summed E-state index contributed by atoms with van der Waals surface area (Å²) in [6.07, 6.45) is 6.33. The highest BCUT2D eigenvalue weighted by Gasteiger charge is 2.25. The van der Waals surface area contributed by atoms with Crippen molar-refractivity contribution < 1.29 is 9.15 Å². The molecule has 0 spiro atoms. The summed E-state index contributed by atoms with van der Waals surface area (Å²) in [6, 6.07) is 14.3. The predicted octanol–water partition coefficient (Wildman–Crippen LogP) is 3.34. The van der Waals surface area contributed by atoms with Crippen molar-refractivity contribution in [2.75, 3.05) is 25.1 Å². The molecule has 1 unspecified atom stereocenters. The van der Waals surface area contributed by atoms with Crippen molar-refractivity contribution in [3.05, 3.63) is 66.2 Å². The van der Waals surface area contributed by atoms with Gasteiger partial charge in [0.15, 0.2) is 5.58 Å². The van der Waals surface area contributed by atoms with Crippen molar-refractivity contribution >= 4 is 29.0 Å². The lowest BCUT2D eigenvalue weighted by atomic mass is 10.1. The molecule has 9 nitrogen and oxygen atoms in total. The van der Waals surface area contributed by atoms with Gasteiger partial charge in [0, 0.05) is 31.1 Å². The van der Waals surface area contributed by atoms with Gasteiger partial charge in [-0.2, -0.15) is 10.1 Å². The summed E-state index contributed by atoms with van der Waals surface area (Å²) < 4.78 is 13.4. The lowest BCUT2D eigenvalue weighted by Gasteiger charge is -2.12. The third kappa shape index (κ3) is 4.17. The zero-order chi connectivity index (χ0) is 22.8. The first-order valence-electron chi connectivity index (χ1n) is 10.8. The maximum atomic E-state index is 5.89. The molecule has 9 heteroatoms. The molecule has 33 heavy (non-hydrogen) atoms. The van der Waals surface area contributed by atoms with Crippen molar-refractivity contribution in [2.24, 2.45) is 15.9 Å². The molecule has 1 aliphatic rings. The monoisotopic (exact) mass is 443 g/mol. The van der Waals surface area contributed by atoms with E-state index in [0.29, 0.717) is 17.5 Å². The van der Waals surface area contributed by atoms with Crippen LogP contribution in [0.4, 0.5) is 6.01 Å². The van der Waals surface area contributed by atoms with E-state index in [1.807, 2.05) is 60.2 Å². The fourth-order valence-corrected chi connectivity index (χ4v) is 3.99. The fraction of sp³-hybridized carbons (Fsp3) is 0.250. The Morgan fingerprint density at radius 1 is 1.27 bits per heavy atom. The number of nitrogens with zero attached hydrogens (tertiary/aromatic N) is 6. The lowest BCUT2D eigenvalue weighted by molar-refractivity contribution is 0.413. The normalized spacial score (nSPS) is 16.8. The molecular formula is C24H25N7O2. The number of hydrazone groups is 1. The molecule has 2 aromatic carbocycles. The van der Waals surface area contributed by atoms with Gasteiger partial charge in [-0.15, -0.1) is 0 Å². The van der Waals surface area contributed by atoms with Gasteiger partial charge in [-0.3, -0.25) is 4.99 Å². The smallest absolute Gasteiger partial charge is 0.298 e. The second-order valence-corrected chi connectivity index (χ2v) is 7.95. The van der Waals surface area contributed by atoms with Crippen LogP contribution in [0.25, 0.3) is 16.8 Å². The molecule has 0 aliphatic carbocycles. The van der Waals surface area contributed by atoms with E-state index in [2.05, 4.69) is 20.0 Å². The van der Waals surface area contributed by atoms with Crippen LogP contribution in [0.15, 0.2) is 69.5 Å². The Morgan fingerprint density at radius 3 is 2.91 bits per heavy atom. The van der Waals surface area contributed by atoms with E-state index < -0.39 is 0 Å². The first-order valence-corrected chi connectivity index (χ1v) is 10.8. The number of anilines is 1. The highest BCUT2D eigenvalue weighted by molar-refractivity contribution is 6.38. The van der Waals surface area contributed by atoms with Gasteiger partial charge in [0.25, 0.3) is 6.01 Å².